The number of hydrogen-bond acceptors (Lipinski definition) is 2. The summed E-state index contributed by atoms with van der Waals surface area (Å²) in [5, 5.41) is 0. The molecule has 0 saturated heterocycles. The highest BCUT2D eigenvalue weighted by Gasteiger charge is 2.08. The van der Waals surface area contributed by atoms with Gasteiger partial charge in [-0.25, -0.2) is 0 Å². The van der Waals surface area contributed by atoms with E-state index in [4.69, 9.17) is 5.73 Å². The molecule has 0 spiro atoms. The maximum atomic E-state index is 11.0. The predicted octanol–water partition coefficient (Wildman–Crippen LogP) is 1.68. The van der Waals surface area contributed by atoms with Crippen LogP contribution in [0.15, 0.2) is 18.2 Å². The van der Waals surface area contributed by atoms with Crippen LogP contribution in [0.4, 0.5) is 0 Å². The van der Waals surface area contributed by atoms with Gasteiger partial charge in [0.1, 0.15) is 0 Å². The van der Waals surface area contributed by atoms with E-state index in [-0.39, 0.29) is 6.04 Å². The minimum absolute atomic E-state index is 0.111. The first kappa shape index (κ1) is 11.4. The van der Waals surface area contributed by atoms with Crippen LogP contribution in [-0.4, -0.2) is 16.2 Å². The van der Waals surface area contributed by atoms with Gasteiger partial charge >= 0.3 is 0 Å². The van der Waals surface area contributed by atoms with Gasteiger partial charge in [0.05, 0.1) is 0 Å². The van der Waals surface area contributed by atoms with Crippen molar-refractivity contribution in [3.05, 3.63) is 34.9 Å². The molecule has 0 heterocycles. The molecule has 1 aromatic rings. The molecule has 2 nitrogen and oxygen atoms in total. The minimum Gasteiger partial charge on any atom is -0.323 e. The van der Waals surface area contributed by atoms with Crippen molar-refractivity contribution in [3.8, 4) is 0 Å². The van der Waals surface area contributed by atoms with E-state index in [1.807, 2.05) is 6.07 Å². The maximum absolute atomic E-state index is 11.0. The van der Waals surface area contributed by atoms with Gasteiger partial charge in [0.25, 0.3) is 0 Å². The lowest BCUT2D eigenvalue weighted by molar-refractivity contribution is 0.679. The van der Waals surface area contributed by atoms with Crippen molar-refractivity contribution >= 4 is 10.8 Å². The summed E-state index contributed by atoms with van der Waals surface area (Å²) in [4.78, 5) is 0. The molecule has 1 aromatic carbocycles. The van der Waals surface area contributed by atoms with E-state index in [1.54, 1.807) is 6.26 Å². The first-order valence-electron chi connectivity index (χ1n) is 4.63. The molecule has 0 saturated carbocycles. The maximum Gasteiger partial charge on any atom is 0.0425 e. The van der Waals surface area contributed by atoms with Crippen LogP contribution in [-0.2, 0) is 10.8 Å². The predicted molar refractivity (Wildman–Crippen MR) is 61.8 cm³/mol. The third-order valence-electron chi connectivity index (χ3n) is 2.37. The molecule has 0 fully saturated rings. The second-order valence-electron chi connectivity index (χ2n) is 3.69. The molecule has 3 heteroatoms. The van der Waals surface area contributed by atoms with Crippen molar-refractivity contribution in [3.63, 3.8) is 0 Å². The Morgan fingerprint density at radius 2 is 2.00 bits per heavy atom. The van der Waals surface area contributed by atoms with Gasteiger partial charge in [-0.3, -0.25) is 4.21 Å². The molecule has 0 aromatic heterocycles. The molecule has 0 aliphatic heterocycles. The molecule has 0 amide bonds. The lowest BCUT2D eigenvalue weighted by Gasteiger charge is -2.12. The quantitative estimate of drug-likeness (QED) is 0.826. The summed E-state index contributed by atoms with van der Waals surface area (Å²) >= 11 is 0. The number of benzene rings is 1. The first-order valence-corrected chi connectivity index (χ1v) is 6.36. The van der Waals surface area contributed by atoms with E-state index in [9.17, 15) is 4.21 Å². The second kappa shape index (κ2) is 4.71. The standard InChI is InChI=1S/C11H17NOS/c1-8-4-5-10(6-9(8)2)11(12)7-14(3)13/h4-6,11H,7,12H2,1-3H3. The van der Waals surface area contributed by atoms with Crippen molar-refractivity contribution in [2.45, 2.75) is 19.9 Å². The molecule has 14 heavy (non-hydrogen) atoms. The van der Waals surface area contributed by atoms with Gasteiger partial charge in [-0.05, 0) is 30.5 Å². The molecule has 0 bridgehead atoms. The fraction of sp³-hybridized carbons (Fsp3) is 0.455. The second-order valence-corrected chi connectivity index (χ2v) is 5.17. The average Bonchev–Trinajstić information content (AvgIpc) is 2.08. The van der Waals surface area contributed by atoms with E-state index in [0.717, 1.165) is 5.56 Å². The molecular formula is C11H17NOS. The van der Waals surface area contributed by atoms with Crippen LogP contribution in [0.5, 0.6) is 0 Å². The summed E-state index contributed by atoms with van der Waals surface area (Å²) in [5.41, 5.74) is 9.49. The van der Waals surface area contributed by atoms with Gasteiger partial charge in [0.2, 0.25) is 0 Å². The third kappa shape index (κ3) is 2.93. The Bertz CT molecular complexity index is 349. The molecule has 78 valence electrons. The summed E-state index contributed by atoms with van der Waals surface area (Å²) in [6.45, 7) is 4.14. The van der Waals surface area contributed by atoms with Crippen molar-refractivity contribution in [1.29, 1.82) is 0 Å². The molecule has 2 unspecified atom stereocenters. The monoisotopic (exact) mass is 211 g/mol. The Hall–Kier alpha value is -0.670. The number of hydrogen-bond donors (Lipinski definition) is 1. The molecular weight excluding hydrogens is 194 g/mol. The van der Waals surface area contributed by atoms with Gasteiger partial charge in [-0.1, -0.05) is 18.2 Å². The molecule has 2 atom stereocenters. The summed E-state index contributed by atoms with van der Waals surface area (Å²) in [6, 6.07) is 6.04. The Morgan fingerprint density at radius 1 is 1.36 bits per heavy atom. The van der Waals surface area contributed by atoms with Crippen molar-refractivity contribution in [2.75, 3.05) is 12.0 Å². The number of nitrogens with two attached hydrogens (primary N) is 1. The van der Waals surface area contributed by atoms with E-state index >= 15 is 0 Å². The highest BCUT2D eigenvalue weighted by atomic mass is 32.2. The zero-order valence-corrected chi connectivity index (χ0v) is 9.73. The minimum atomic E-state index is -0.833. The highest BCUT2D eigenvalue weighted by molar-refractivity contribution is 7.84. The fourth-order valence-electron chi connectivity index (χ4n) is 1.34. The third-order valence-corrected chi connectivity index (χ3v) is 3.20. The smallest absolute Gasteiger partial charge is 0.0425 e. The topological polar surface area (TPSA) is 43.1 Å². The molecule has 0 aliphatic rings. The summed E-state index contributed by atoms with van der Waals surface area (Å²) in [7, 11) is -0.833. The van der Waals surface area contributed by atoms with Crippen LogP contribution in [0.1, 0.15) is 22.7 Å². The highest BCUT2D eigenvalue weighted by Crippen LogP contribution is 2.15. The summed E-state index contributed by atoms with van der Waals surface area (Å²) < 4.78 is 11.0. The fourth-order valence-corrected chi connectivity index (χ4v) is 2.04. The molecule has 0 radical (unpaired) electrons. The van der Waals surface area contributed by atoms with Gasteiger partial charge in [0.15, 0.2) is 0 Å². The van der Waals surface area contributed by atoms with Crippen LogP contribution in [0.2, 0.25) is 0 Å². The van der Waals surface area contributed by atoms with Crippen molar-refractivity contribution in [2.24, 2.45) is 5.73 Å². The SMILES string of the molecule is Cc1ccc(C(N)CS(C)=O)cc1C. The zero-order valence-electron chi connectivity index (χ0n) is 8.91. The normalized spacial score (nSPS) is 15.1. The zero-order chi connectivity index (χ0) is 10.7. The van der Waals surface area contributed by atoms with E-state index in [0.29, 0.717) is 5.75 Å². The van der Waals surface area contributed by atoms with Gasteiger partial charge in [-0.2, -0.15) is 0 Å². The van der Waals surface area contributed by atoms with E-state index in [2.05, 4.69) is 26.0 Å². The van der Waals surface area contributed by atoms with Gasteiger partial charge in [0, 0.05) is 28.9 Å². The molecule has 1 rings (SSSR count). The van der Waals surface area contributed by atoms with Crippen molar-refractivity contribution < 1.29 is 4.21 Å². The van der Waals surface area contributed by atoms with Crippen LogP contribution < -0.4 is 5.73 Å². The Balaban J connectivity index is 2.85. The molecule has 0 aliphatic carbocycles. The lowest BCUT2D eigenvalue weighted by Crippen LogP contribution is -2.17. The Morgan fingerprint density at radius 3 is 2.50 bits per heavy atom. The van der Waals surface area contributed by atoms with Crippen LogP contribution >= 0.6 is 0 Å². The number of rotatable bonds is 3. The number of aryl methyl sites for hydroxylation is 2. The summed E-state index contributed by atoms with van der Waals surface area (Å²) in [6.07, 6.45) is 1.68. The molecule has 2 N–H and O–H groups in total. The first-order chi connectivity index (χ1) is 6.50. The van der Waals surface area contributed by atoms with Crippen LogP contribution in [0.25, 0.3) is 0 Å². The van der Waals surface area contributed by atoms with Crippen LogP contribution in [0, 0.1) is 13.8 Å². The Kier molecular flexibility index (Phi) is 3.84. The van der Waals surface area contributed by atoms with E-state index in [1.165, 1.54) is 11.1 Å². The van der Waals surface area contributed by atoms with E-state index < -0.39 is 10.8 Å². The average molecular weight is 211 g/mol. The lowest BCUT2D eigenvalue weighted by atomic mass is 10.0. The largest absolute Gasteiger partial charge is 0.323 e. The Labute approximate surface area is 88.0 Å². The van der Waals surface area contributed by atoms with Gasteiger partial charge < -0.3 is 5.73 Å². The van der Waals surface area contributed by atoms with Crippen LogP contribution in [0.3, 0.4) is 0 Å². The van der Waals surface area contributed by atoms with Gasteiger partial charge in [-0.15, -0.1) is 0 Å². The van der Waals surface area contributed by atoms with Crippen molar-refractivity contribution in [1.82, 2.24) is 0 Å². The summed E-state index contributed by atoms with van der Waals surface area (Å²) in [5.74, 6) is 0.530.